The molecular formula is C12H17N3O4S. The Kier molecular flexibility index (Phi) is 6.68. The lowest BCUT2D eigenvalue weighted by Gasteiger charge is -2.16. The normalized spacial score (nSPS) is 11.5. The van der Waals surface area contributed by atoms with Crippen molar-refractivity contribution in [3.63, 3.8) is 0 Å². The molecule has 8 heteroatoms. The van der Waals surface area contributed by atoms with Crippen LogP contribution >= 0.6 is 11.3 Å². The highest BCUT2D eigenvalue weighted by Crippen LogP contribution is 2.22. The number of hydrogen-bond acceptors (Lipinski definition) is 6. The summed E-state index contributed by atoms with van der Waals surface area (Å²) in [5.41, 5.74) is 5.12. The molecular weight excluding hydrogens is 282 g/mol. The summed E-state index contributed by atoms with van der Waals surface area (Å²) < 4.78 is 4.60. The van der Waals surface area contributed by atoms with E-state index in [1.807, 2.05) is 17.5 Å². The molecule has 0 aliphatic rings. The van der Waals surface area contributed by atoms with Gasteiger partial charge in [0.2, 0.25) is 11.8 Å². The summed E-state index contributed by atoms with van der Waals surface area (Å²) in [7, 11) is 1.29. The van der Waals surface area contributed by atoms with E-state index in [9.17, 15) is 14.4 Å². The molecule has 1 rings (SSSR count). The maximum absolute atomic E-state index is 11.7. The van der Waals surface area contributed by atoms with Gasteiger partial charge < -0.3 is 21.1 Å². The number of ether oxygens (including phenoxy) is 1. The smallest absolute Gasteiger partial charge is 0.307 e. The maximum Gasteiger partial charge on any atom is 0.307 e. The van der Waals surface area contributed by atoms with Gasteiger partial charge in [0.25, 0.3) is 0 Å². The molecule has 1 aromatic heterocycles. The molecule has 0 aliphatic carbocycles. The summed E-state index contributed by atoms with van der Waals surface area (Å²) in [4.78, 5) is 34.9. The summed E-state index contributed by atoms with van der Waals surface area (Å²) in [6, 6.07) is 3.17. The Morgan fingerprint density at radius 2 is 2.15 bits per heavy atom. The van der Waals surface area contributed by atoms with Crippen LogP contribution in [0.3, 0.4) is 0 Å². The molecule has 0 aromatic carbocycles. The quantitative estimate of drug-likeness (QED) is 0.590. The number of amides is 2. The van der Waals surface area contributed by atoms with Gasteiger partial charge in [-0.05, 0) is 11.4 Å². The van der Waals surface area contributed by atoms with E-state index in [1.54, 1.807) is 0 Å². The fourth-order valence-electron chi connectivity index (χ4n) is 1.46. The first-order valence-corrected chi connectivity index (χ1v) is 6.81. The highest BCUT2D eigenvalue weighted by atomic mass is 32.1. The minimum atomic E-state index is -0.468. The molecule has 1 aromatic rings. The lowest BCUT2D eigenvalue weighted by atomic mass is 10.1. The molecule has 20 heavy (non-hydrogen) atoms. The molecule has 0 fully saturated rings. The molecule has 0 aliphatic heterocycles. The van der Waals surface area contributed by atoms with E-state index >= 15 is 0 Å². The van der Waals surface area contributed by atoms with E-state index in [0.29, 0.717) is 0 Å². The van der Waals surface area contributed by atoms with Crippen LogP contribution in [0.1, 0.15) is 17.3 Å². The van der Waals surface area contributed by atoms with E-state index in [2.05, 4.69) is 15.4 Å². The molecule has 0 saturated heterocycles. The molecule has 1 heterocycles. The van der Waals surface area contributed by atoms with Crippen molar-refractivity contribution in [1.29, 1.82) is 0 Å². The van der Waals surface area contributed by atoms with Crippen molar-refractivity contribution >= 4 is 29.1 Å². The number of hydrogen-bond donors (Lipinski definition) is 3. The molecule has 0 saturated carbocycles. The first kappa shape index (κ1) is 16.1. The van der Waals surface area contributed by atoms with Gasteiger partial charge in [0.1, 0.15) is 0 Å². The van der Waals surface area contributed by atoms with Crippen molar-refractivity contribution in [1.82, 2.24) is 10.6 Å². The third-order valence-electron chi connectivity index (χ3n) is 2.45. The second-order valence-corrected chi connectivity index (χ2v) is 4.88. The van der Waals surface area contributed by atoms with E-state index in [4.69, 9.17) is 5.73 Å². The SMILES string of the molecule is COC(=O)CC(NC(=O)CNC(=O)CN)c1cccs1. The number of rotatable bonds is 7. The first-order chi connectivity index (χ1) is 9.56. The summed E-state index contributed by atoms with van der Waals surface area (Å²) in [5.74, 6) is -1.23. The molecule has 1 atom stereocenters. The first-order valence-electron chi connectivity index (χ1n) is 5.93. The van der Waals surface area contributed by atoms with E-state index in [-0.39, 0.29) is 19.5 Å². The Hall–Kier alpha value is -1.93. The fourth-order valence-corrected chi connectivity index (χ4v) is 2.24. The number of methoxy groups -OCH3 is 1. The number of carbonyl (C=O) groups is 3. The second kappa shape index (κ2) is 8.28. The number of thiophene rings is 1. The van der Waals surface area contributed by atoms with Gasteiger partial charge >= 0.3 is 5.97 Å². The van der Waals surface area contributed by atoms with Gasteiger partial charge in [-0.25, -0.2) is 0 Å². The average molecular weight is 299 g/mol. The van der Waals surface area contributed by atoms with Crippen LogP contribution < -0.4 is 16.4 Å². The van der Waals surface area contributed by atoms with Gasteiger partial charge in [-0.15, -0.1) is 11.3 Å². The predicted octanol–water partition coefficient (Wildman–Crippen LogP) is -0.457. The van der Waals surface area contributed by atoms with Crippen LogP contribution in [0.5, 0.6) is 0 Å². The van der Waals surface area contributed by atoms with Crippen molar-refractivity contribution < 1.29 is 19.1 Å². The average Bonchev–Trinajstić information content (AvgIpc) is 2.97. The summed E-state index contributed by atoms with van der Waals surface area (Å²) in [6.45, 7) is -0.358. The standard InChI is InChI=1S/C12H17N3O4S/c1-19-12(18)5-8(9-3-2-4-20-9)15-11(17)7-14-10(16)6-13/h2-4,8H,5-7,13H2,1H3,(H,14,16)(H,15,17). The highest BCUT2D eigenvalue weighted by Gasteiger charge is 2.19. The van der Waals surface area contributed by atoms with Crippen LogP contribution in [0.2, 0.25) is 0 Å². The van der Waals surface area contributed by atoms with Crippen molar-refractivity contribution in [3.8, 4) is 0 Å². The second-order valence-electron chi connectivity index (χ2n) is 3.90. The van der Waals surface area contributed by atoms with Crippen molar-refractivity contribution in [2.75, 3.05) is 20.2 Å². The number of nitrogens with one attached hydrogen (secondary N) is 2. The van der Waals surface area contributed by atoms with Gasteiger partial charge in [-0.2, -0.15) is 0 Å². The number of esters is 1. The van der Waals surface area contributed by atoms with Gasteiger partial charge in [0, 0.05) is 4.88 Å². The molecule has 0 spiro atoms. The van der Waals surface area contributed by atoms with Crippen molar-refractivity contribution in [3.05, 3.63) is 22.4 Å². The zero-order chi connectivity index (χ0) is 15.0. The number of carbonyl (C=O) groups excluding carboxylic acids is 3. The molecule has 1 unspecified atom stereocenters. The van der Waals surface area contributed by atoms with Crippen LogP contribution in [-0.2, 0) is 19.1 Å². The lowest BCUT2D eigenvalue weighted by molar-refractivity contribution is -0.141. The lowest BCUT2D eigenvalue weighted by Crippen LogP contribution is -2.41. The highest BCUT2D eigenvalue weighted by molar-refractivity contribution is 7.10. The van der Waals surface area contributed by atoms with Crippen molar-refractivity contribution in [2.45, 2.75) is 12.5 Å². The van der Waals surface area contributed by atoms with E-state index < -0.39 is 23.8 Å². The van der Waals surface area contributed by atoms with E-state index in [1.165, 1.54) is 18.4 Å². The van der Waals surface area contributed by atoms with Crippen molar-refractivity contribution in [2.24, 2.45) is 5.73 Å². The van der Waals surface area contributed by atoms with Crippen LogP contribution in [0, 0.1) is 0 Å². The Morgan fingerprint density at radius 1 is 1.40 bits per heavy atom. The van der Waals surface area contributed by atoms with Crippen LogP contribution in [0.25, 0.3) is 0 Å². The van der Waals surface area contributed by atoms with Gasteiger partial charge in [-0.1, -0.05) is 6.07 Å². The largest absolute Gasteiger partial charge is 0.469 e. The summed E-state index contributed by atoms with van der Waals surface area (Å²) in [5, 5.41) is 6.89. The third-order valence-corrected chi connectivity index (χ3v) is 3.44. The monoisotopic (exact) mass is 299 g/mol. The molecule has 0 bridgehead atoms. The zero-order valence-electron chi connectivity index (χ0n) is 11.0. The molecule has 110 valence electrons. The molecule has 0 radical (unpaired) electrons. The van der Waals surface area contributed by atoms with Crippen LogP contribution in [0.15, 0.2) is 17.5 Å². The predicted molar refractivity (Wildman–Crippen MR) is 73.9 cm³/mol. The summed E-state index contributed by atoms with van der Waals surface area (Å²) >= 11 is 1.42. The topological polar surface area (TPSA) is 111 Å². The number of nitrogens with two attached hydrogens (primary N) is 1. The minimum Gasteiger partial charge on any atom is -0.469 e. The van der Waals surface area contributed by atoms with Crippen LogP contribution in [0.4, 0.5) is 0 Å². The van der Waals surface area contributed by atoms with Crippen LogP contribution in [-0.4, -0.2) is 38.0 Å². The maximum atomic E-state index is 11.7. The zero-order valence-corrected chi connectivity index (χ0v) is 11.9. The molecule has 2 amide bonds. The Balaban J connectivity index is 2.58. The van der Waals surface area contributed by atoms with Gasteiger partial charge in [-0.3, -0.25) is 14.4 Å². The van der Waals surface area contributed by atoms with Gasteiger partial charge in [0.15, 0.2) is 0 Å². The third kappa shape index (κ3) is 5.37. The molecule has 4 N–H and O–H groups in total. The van der Waals surface area contributed by atoms with Gasteiger partial charge in [0.05, 0.1) is 32.7 Å². The Bertz CT molecular complexity index is 461. The fraction of sp³-hybridized carbons (Fsp3) is 0.417. The molecule has 7 nitrogen and oxygen atoms in total. The minimum absolute atomic E-state index is 0.0353. The Morgan fingerprint density at radius 3 is 2.70 bits per heavy atom. The van der Waals surface area contributed by atoms with E-state index in [0.717, 1.165) is 4.88 Å². The Labute approximate surface area is 120 Å². The summed E-state index contributed by atoms with van der Waals surface area (Å²) in [6.07, 6.45) is 0.0353.